The van der Waals surface area contributed by atoms with E-state index in [9.17, 15) is 10.1 Å². The van der Waals surface area contributed by atoms with Gasteiger partial charge in [-0.3, -0.25) is 9.69 Å². The molecule has 1 amide bonds. The summed E-state index contributed by atoms with van der Waals surface area (Å²) >= 11 is 3.00. The van der Waals surface area contributed by atoms with Crippen molar-refractivity contribution in [3.05, 3.63) is 58.0 Å². The number of carbonyl (C=O) groups excluding carboxylic acids is 1. The first-order chi connectivity index (χ1) is 14.6. The molecule has 8 heteroatoms. The second-order valence-electron chi connectivity index (χ2n) is 6.68. The average molecular weight is 436 g/mol. The van der Waals surface area contributed by atoms with Crippen LogP contribution in [-0.2, 0) is 4.79 Å². The third kappa shape index (κ3) is 3.55. The highest BCUT2D eigenvalue weighted by atomic mass is 32.2. The van der Waals surface area contributed by atoms with Gasteiger partial charge in [0, 0.05) is 25.0 Å². The number of carbonyl (C=O) groups is 1. The lowest BCUT2D eigenvalue weighted by molar-refractivity contribution is -0.122. The normalized spacial score (nSPS) is 19.4. The molecule has 0 atom stereocenters. The van der Waals surface area contributed by atoms with Crippen LogP contribution in [0.25, 0.3) is 0 Å². The van der Waals surface area contributed by atoms with Crippen molar-refractivity contribution < 1.29 is 4.79 Å². The molecule has 0 spiro atoms. The van der Waals surface area contributed by atoms with Crippen LogP contribution in [0.5, 0.6) is 0 Å². The zero-order valence-electron chi connectivity index (χ0n) is 17.0. The summed E-state index contributed by atoms with van der Waals surface area (Å²) in [5.41, 5.74) is 3.14. The number of amides is 1. The Morgan fingerprint density at radius 3 is 2.67 bits per heavy atom. The topological polar surface area (TPSA) is 71.7 Å². The standard InChI is InChI=1S/C22H21N5OS2/c1-4-24-15-11-10-14(13-23)12-16(15)25-22-27(5-2)20(28)19(30-22)21-26(3)17-8-6-7-9-18(17)29-21/h6-12,24H,4-5H2,1-3H3/b21-19-,25-22?. The van der Waals surface area contributed by atoms with Crippen LogP contribution < -0.4 is 10.2 Å². The van der Waals surface area contributed by atoms with Crippen molar-refractivity contribution >= 4 is 51.7 Å². The van der Waals surface area contributed by atoms with Crippen molar-refractivity contribution in [2.24, 2.45) is 4.99 Å². The van der Waals surface area contributed by atoms with Crippen LogP contribution in [0.3, 0.4) is 0 Å². The third-order valence-corrected chi connectivity index (χ3v) is 7.25. The van der Waals surface area contributed by atoms with Gasteiger partial charge in [-0.25, -0.2) is 4.99 Å². The fourth-order valence-corrected chi connectivity index (χ4v) is 5.73. The Labute approximate surface area is 184 Å². The number of rotatable bonds is 4. The van der Waals surface area contributed by atoms with Crippen molar-refractivity contribution in [3.63, 3.8) is 0 Å². The fourth-order valence-electron chi connectivity index (χ4n) is 3.33. The van der Waals surface area contributed by atoms with E-state index in [1.165, 1.54) is 11.8 Å². The van der Waals surface area contributed by atoms with Crippen LogP contribution in [0.2, 0.25) is 0 Å². The highest BCUT2D eigenvalue weighted by Crippen LogP contribution is 2.50. The number of nitrogens with zero attached hydrogens (tertiary/aromatic N) is 4. The summed E-state index contributed by atoms with van der Waals surface area (Å²) in [7, 11) is 1.99. The molecule has 0 saturated carbocycles. The van der Waals surface area contributed by atoms with Gasteiger partial charge in [-0.05, 0) is 55.9 Å². The predicted molar refractivity (Wildman–Crippen MR) is 125 cm³/mol. The number of thioether (sulfide) groups is 2. The minimum absolute atomic E-state index is 0.0372. The Kier molecular flexibility index (Phi) is 5.75. The molecule has 0 aliphatic carbocycles. The molecule has 0 bridgehead atoms. The molecule has 6 nitrogen and oxygen atoms in total. The first-order valence-electron chi connectivity index (χ1n) is 9.68. The van der Waals surface area contributed by atoms with Crippen LogP contribution in [0.4, 0.5) is 17.1 Å². The number of amidine groups is 1. The van der Waals surface area contributed by atoms with E-state index in [1.54, 1.807) is 28.8 Å². The van der Waals surface area contributed by atoms with Gasteiger partial charge in [-0.2, -0.15) is 5.26 Å². The van der Waals surface area contributed by atoms with E-state index in [4.69, 9.17) is 4.99 Å². The summed E-state index contributed by atoms with van der Waals surface area (Å²) in [4.78, 5) is 23.6. The quantitative estimate of drug-likeness (QED) is 0.683. The van der Waals surface area contributed by atoms with Crippen molar-refractivity contribution in [2.45, 2.75) is 18.7 Å². The SMILES string of the molecule is CCNc1ccc(C#N)cc1N=C1S/C(=C2\Sc3ccccc3N2C)C(=O)N1CC. The molecule has 0 aromatic heterocycles. The molecular formula is C22H21N5OS2. The largest absolute Gasteiger partial charge is 0.384 e. The Bertz CT molecular complexity index is 1120. The van der Waals surface area contributed by atoms with E-state index in [-0.39, 0.29) is 5.91 Å². The number of nitrogens with one attached hydrogen (secondary N) is 1. The maximum atomic E-state index is 13.2. The summed E-state index contributed by atoms with van der Waals surface area (Å²) < 4.78 is 0. The number of likely N-dealkylation sites (N-methyl/N-ethyl adjacent to an activating group) is 1. The Morgan fingerprint density at radius 2 is 1.97 bits per heavy atom. The molecule has 1 fully saturated rings. The van der Waals surface area contributed by atoms with E-state index in [1.807, 2.05) is 39.1 Å². The number of nitriles is 1. The van der Waals surface area contributed by atoms with Crippen LogP contribution in [0, 0.1) is 11.3 Å². The van der Waals surface area contributed by atoms with Gasteiger partial charge in [0.2, 0.25) is 0 Å². The molecule has 0 radical (unpaired) electrons. The van der Waals surface area contributed by atoms with Crippen LogP contribution in [-0.4, -0.2) is 36.1 Å². The van der Waals surface area contributed by atoms with Crippen molar-refractivity contribution in [1.29, 1.82) is 5.26 Å². The molecule has 2 aromatic rings. The van der Waals surface area contributed by atoms with Gasteiger partial charge < -0.3 is 10.2 Å². The summed E-state index contributed by atoms with van der Waals surface area (Å²) in [5, 5.41) is 14.1. The maximum absolute atomic E-state index is 13.2. The van der Waals surface area contributed by atoms with Gasteiger partial charge in [0.1, 0.15) is 4.91 Å². The second-order valence-corrected chi connectivity index (χ2v) is 8.69. The number of para-hydroxylation sites is 1. The van der Waals surface area contributed by atoms with E-state index in [0.717, 1.165) is 27.8 Å². The van der Waals surface area contributed by atoms with Crippen molar-refractivity contribution in [1.82, 2.24) is 4.90 Å². The van der Waals surface area contributed by atoms with Crippen molar-refractivity contribution in [3.8, 4) is 6.07 Å². The number of anilines is 2. The molecule has 30 heavy (non-hydrogen) atoms. The minimum Gasteiger partial charge on any atom is -0.384 e. The van der Waals surface area contributed by atoms with Crippen LogP contribution in [0.1, 0.15) is 19.4 Å². The Hall–Kier alpha value is -2.89. The molecule has 2 aromatic carbocycles. The smallest absolute Gasteiger partial charge is 0.269 e. The highest BCUT2D eigenvalue weighted by Gasteiger charge is 2.38. The number of hydrogen-bond donors (Lipinski definition) is 1. The molecule has 2 aliphatic rings. The van der Waals surface area contributed by atoms with Gasteiger partial charge in [-0.1, -0.05) is 23.9 Å². The number of aliphatic imine (C=N–C) groups is 1. The molecular weight excluding hydrogens is 414 g/mol. The third-order valence-electron chi connectivity index (χ3n) is 4.82. The first kappa shape index (κ1) is 20.4. The zero-order chi connectivity index (χ0) is 21.3. The zero-order valence-corrected chi connectivity index (χ0v) is 18.6. The van der Waals surface area contributed by atoms with Gasteiger partial charge in [0.05, 0.1) is 33.7 Å². The fraction of sp³-hybridized carbons (Fsp3) is 0.227. The molecule has 1 N–H and O–H groups in total. The Morgan fingerprint density at radius 1 is 1.17 bits per heavy atom. The molecule has 0 unspecified atom stereocenters. The lowest BCUT2D eigenvalue weighted by Gasteiger charge is -2.15. The van der Waals surface area contributed by atoms with E-state index < -0.39 is 0 Å². The van der Waals surface area contributed by atoms with E-state index in [2.05, 4.69) is 28.4 Å². The number of hydrogen-bond acceptors (Lipinski definition) is 7. The summed E-state index contributed by atoms with van der Waals surface area (Å²) in [6.07, 6.45) is 0. The molecule has 2 aliphatic heterocycles. The lowest BCUT2D eigenvalue weighted by atomic mass is 10.2. The van der Waals surface area contributed by atoms with E-state index in [0.29, 0.717) is 27.9 Å². The molecule has 2 heterocycles. The van der Waals surface area contributed by atoms with Gasteiger partial charge >= 0.3 is 0 Å². The predicted octanol–water partition coefficient (Wildman–Crippen LogP) is 4.98. The van der Waals surface area contributed by atoms with Crippen LogP contribution >= 0.6 is 23.5 Å². The maximum Gasteiger partial charge on any atom is 0.269 e. The van der Waals surface area contributed by atoms with Gasteiger partial charge in [0.15, 0.2) is 5.17 Å². The van der Waals surface area contributed by atoms with Crippen LogP contribution in [0.15, 0.2) is 62.3 Å². The summed E-state index contributed by atoms with van der Waals surface area (Å²) in [5.74, 6) is -0.0372. The summed E-state index contributed by atoms with van der Waals surface area (Å²) in [6, 6.07) is 15.7. The number of fused-ring (bicyclic) bond motifs is 1. The molecule has 4 rings (SSSR count). The van der Waals surface area contributed by atoms with Crippen molar-refractivity contribution in [2.75, 3.05) is 30.4 Å². The Balaban J connectivity index is 1.75. The first-order valence-corrected chi connectivity index (χ1v) is 11.3. The van der Waals surface area contributed by atoms with E-state index >= 15 is 0 Å². The molecule has 1 saturated heterocycles. The molecule has 152 valence electrons. The lowest BCUT2D eigenvalue weighted by Crippen LogP contribution is -2.29. The highest BCUT2D eigenvalue weighted by molar-refractivity contribution is 8.19. The average Bonchev–Trinajstić information content (AvgIpc) is 3.25. The van der Waals surface area contributed by atoms with Gasteiger partial charge in [-0.15, -0.1) is 0 Å². The van der Waals surface area contributed by atoms with Gasteiger partial charge in [0.25, 0.3) is 5.91 Å². The monoisotopic (exact) mass is 435 g/mol. The number of benzene rings is 2. The second kappa shape index (κ2) is 8.46. The summed E-state index contributed by atoms with van der Waals surface area (Å²) in [6.45, 7) is 5.22. The minimum atomic E-state index is -0.0372.